The number of carboxylic acid groups (broad SMARTS) is 1. The summed E-state index contributed by atoms with van der Waals surface area (Å²) in [4.78, 5) is 15.8. The molecule has 0 amide bonds. The molecule has 1 aliphatic carbocycles. The second-order valence-electron chi connectivity index (χ2n) is 4.80. The van der Waals surface area contributed by atoms with Crippen molar-refractivity contribution in [2.45, 2.75) is 30.3 Å². The van der Waals surface area contributed by atoms with Gasteiger partial charge in [0.1, 0.15) is 10.6 Å². The molecule has 112 valence electrons. The van der Waals surface area contributed by atoms with Crippen LogP contribution >= 0.6 is 11.3 Å². The summed E-state index contributed by atoms with van der Waals surface area (Å²) in [7, 11) is -3.73. The summed E-state index contributed by atoms with van der Waals surface area (Å²) in [5.41, 5.74) is 1.63. The molecule has 7 nitrogen and oxygen atoms in total. The zero-order valence-electron chi connectivity index (χ0n) is 10.9. The Morgan fingerprint density at radius 1 is 1.52 bits per heavy atom. The lowest BCUT2D eigenvalue weighted by Gasteiger charge is -2.03. The van der Waals surface area contributed by atoms with Crippen LogP contribution in [0.1, 0.15) is 34.2 Å². The van der Waals surface area contributed by atoms with Crippen molar-refractivity contribution in [2.75, 3.05) is 0 Å². The van der Waals surface area contributed by atoms with E-state index in [9.17, 15) is 13.2 Å². The summed E-state index contributed by atoms with van der Waals surface area (Å²) in [5.74, 6) is -1.12. The molecular weight excluding hydrogens is 314 g/mol. The van der Waals surface area contributed by atoms with Crippen LogP contribution in [0.15, 0.2) is 28.9 Å². The number of rotatable bonds is 6. The van der Waals surface area contributed by atoms with E-state index in [1.807, 2.05) is 0 Å². The lowest BCUT2D eigenvalue weighted by atomic mass is 10.4. The van der Waals surface area contributed by atoms with E-state index in [4.69, 9.17) is 5.11 Å². The van der Waals surface area contributed by atoms with E-state index in [1.165, 1.54) is 28.2 Å². The van der Waals surface area contributed by atoms with Gasteiger partial charge in [-0.3, -0.25) is 4.98 Å². The number of sulfonamides is 1. The number of hydrogen-bond acceptors (Lipinski definition) is 5. The first-order valence-corrected chi connectivity index (χ1v) is 8.66. The Bertz CT molecular complexity index is 761. The average Bonchev–Trinajstić information content (AvgIpc) is 2.97. The van der Waals surface area contributed by atoms with E-state index >= 15 is 0 Å². The van der Waals surface area contributed by atoms with Crippen LogP contribution < -0.4 is 4.72 Å². The van der Waals surface area contributed by atoms with Gasteiger partial charge in [-0.25, -0.2) is 17.9 Å². The maximum atomic E-state index is 12.2. The molecule has 0 aromatic carbocycles. The van der Waals surface area contributed by atoms with Gasteiger partial charge in [0, 0.05) is 29.9 Å². The molecule has 9 heteroatoms. The molecule has 0 radical (unpaired) electrons. The van der Waals surface area contributed by atoms with Crippen molar-refractivity contribution < 1.29 is 18.3 Å². The minimum Gasteiger partial charge on any atom is -0.477 e. The first-order valence-electron chi connectivity index (χ1n) is 6.29. The summed E-state index contributed by atoms with van der Waals surface area (Å²) in [5, 5.41) is 9.16. The quantitative estimate of drug-likeness (QED) is 0.836. The van der Waals surface area contributed by atoms with Gasteiger partial charge in [0.15, 0.2) is 0 Å². The average molecular weight is 327 g/mol. The third kappa shape index (κ3) is 2.99. The molecule has 2 heterocycles. The van der Waals surface area contributed by atoms with Crippen LogP contribution in [0, 0.1) is 0 Å². The van der Waals surface area contributed by atoms with Crippen molar-refractivity contribution in [3.63, 3.8) is 0 Å². The molecule has 0 unspecified atom stereocenters. The normalized spacial score (nSPS) is 15.2. The van der Waals surface area contributed by atoms with Gasteiger partial charge in [-0.2, -0.15) is 0 Å². The van der Waals surface area contributed by atoms with Crippen LogP contribution in [0.5, 0.6) is 0 Å². The molecule has 2 N–H and O–H groups in total. The van der Waals surface area contributed by atoms with Crippen LogP contribution in [0.2, 0.25) is 0 Å². The monoisotopic (exact) mass is 327 g/mol. The second-order valence-corrected chi connectivity index (χ2v) is 7.53. The van der Waals surface area contributed by atoms with E-state index in [0.29, 0.717) is 0 Å². The van der Waals surface area contributed by atoms with Crippen molar-refractivity contribution in [2.24, 2.45) is 0 Å². The van der Waals surface area contributed by atoms with Gasteiger partial charge in [-0.15, -0.1) is 11.3 Å². The Morgan fingerprint density at radius 2 is 2.29 bits per heavy atom. The molecule has 2 aromatic rings. The molecule has 2 aromatic heterocycles. The van der Waals surface area contributed by atoms with E-state index in [2.05, 4.69) is 9.71 Å². The van der Waals surface area contributed by atoms with Gasteiger partial charge >= 0.3 is 5.97 Å². The molecular formula is C12H13N3O4S2. The van der Waals surface area contributed by atoms with Crippen LogP contribution in [-0.2, 0) is 16.6 Å². The number of nitrogens with zero attached hydrogens (tertiary/aromatic N) is 2. The molecule has 0 bridgehead atoms. The number of carboxylic acids is 1. The minimum atomic E-state index is -3.73. The molecule has 3 rings (SSSR count). The van der Waals surface area contributed by atoms with Gasteiger partial charge < -0.3 is 9.67 Å². The highest BCUT2D eigenvalue weighted by molar-refractivity contribution is 7.89. The summed E-state index contributed by atoms with van der Waals surface area (Å²) < 4.78 is 28.4. The van der Waals surface area contributed by atoms with Crippen LogP contribution in [0.4, 0.5) is 0 Å². The third-order valence-electron chi connectivity index (χ3n) is 3.21. The fourth-order valence-corrected chi connectivity index (χ4v) is 3.66. The van der Waals surface area contributed by atoms with E-state index in [1.54, 1.807) is 11.7 Å². The fraction of sp³-hybridized carbons (Fsp3) is 0.333. The Hall–Kier alpha value is -1.71. The highest BCUT2D eigenvalue weighted by Gasteiger charge is 2.30. The Balaban J connectivity index is 1.84. The molecule has 21 heavy (non-hydrogen) atoms. The fourth-order valence-electron chi connectivity index (χ4n) is 2.01. The molecule has 1 aliphatic rings. The number of nitrogens with one attached hydrogen (secondary N) is 1. The number of aromatic carboxylic acids is 1. The zero-order chi connectivity index (χ0) is 15.0. The maximum absolute atomic E-state index is 12.2. The smallest absolute Gasteiger partial charge is 0.352 e. The van der Waals surface area contributed by atoms with Crippen molar-refractivity contribution in [1.82, 2.24) is 14.3 Å². The van der Waals surface area contributed by atoms with Gasteiger partial charge in [-0.1, -0.05) is 0 Å². The zero-order valence-corrected chi connectivity index (χ0v) is 12.5. The van der Waals surface area contributed by atoms with Gasteiger partial charge in [-0.05, 0) is 18.9 Å². The number of carbonyl (C=O) groups is 1. The van der Waals surface area contributed by atoms with E-state index in [-0.39, 0.29) is 23.2 Å². The number of thiazole rings is 1. The minimum absolute atomic E-state index is 0.00988. The number of hydrogen-bond donors (Lipinski definition) is 2. The predicted molar refractivity (Wildman–Crippen MR) is 75.8 cm³/mol. The molecule has 0 atom stereocenters. The molecule has 0 saturated heterocycles. The summed E-state index contributed by atoms with van der Waals surface area (Å²) in [6, 6.07) is 1.30. The molecule has 1 fully saturated rings. The largest absolute Gasteiger partial charge is 0.477 e. The van der Waals surface area contributed by atoms with Crippen molar-refractivity contribution in [3.05, 3.63) is 34.5 Å². The molecule has 1 saturated carbocycles. The van der Waals surface area contributed by atoms with Gasteiger partial charge in [0.25, 0.3) is 0 Å². The summed E-state index contributed by atoms with van der Waals surface area (Å²) in [6.07, 6.45) is 4.74. The van der Waals surface area contributed by atoms with E-state index < -0.39 is 16.0 Å². The first-order chi connectivity index (χ1) is 9.97. The SMILES string of the molecule is O=C(O)c1cc(S(=O)(=O)NCc2cncs2)cn1C1CC1. The molecule has 0 aliphatic heterocycles. The van der Waals surface area contributed by atoms with Crippen molar-refractivity contribution in [1.29, 1.82) is 0 Å². The highest BCUT2D eigenvalue weighted by Crippen LogP contribution is 2.37. The van der Waals surface area contributed by atoms with Crippen molar-refractivity contribution >= 4 is 27.3 Å². The van der Waals surface area contributed by atoms with Crippen molar-refractivity contribution in [3.8, 4) is 0 Å². The van der Waals surface area contributed by atoms with Gasteiger partial charge in [0.05, 0.1) is 5.51 Å². The van der Waals surface area contributed by atoms with Crippen LogP contribution in [0.25, 0.3) is 0 Å². The molecule has 0 spiro atoms. The van der Waals surface area contributed by atoms with Gasteiger partial charge in [0.2, 0.25) is 10.0 Å². The maximum Gasteiger partial charge on any atom is 0.352 e. The Morgan fingerprint density at radius 3 is 2.86 bits per heavy atom. The third-order valence-corrected chi connectivity index (χ3v) is 5.36. The highest BCUT2D eigenvalue weighted by atomic mass is 32.2. The number of aromatic nitrogens is 2. The lowest BCUT2D eigenvalue weighted by Crippen LogP contribution is -2.22. The second kappa shape index (κ2) is 5.24. The first kappa shape index (κ1) is 14.2. The topological polar surface area (TPSA) is 101 Å². The Labute approximate surface area is 125 Å². The van der Waals surface area contributed by atoms with E-state index in [0.717, 1.165) is 17.7 Å². The standard InChI is InChI=1S/C12H13N3O4S2/c16-12(17)11-3-10(6-15(11)8-1-2-8)21(18,19)14-5-9-4-13-7-20-9/h3-4,6-8,14H,1-2,5H2,(H,16,17). The van der Waals surface area contributed by atoms with Crippen LogP contribution in [0.3, 0.4) is 0 Å². The van der Waals surface area contributed by atoms with Crippen LogP contribution in [-0.4, -0.2) is 29.0 Å². The summed E-state index contributed by atoms with van der Waals surface area (Å²) in [6.45, 7) is 0.143. The lowest BCUT2D eigenvalue weighted by molar-refractivity contribution is 0.0685. The predicted octanol–water partition coefficient (Wildman–Crippen LogP) is 1.46. The summed E-state index contributed by atoms with van der Waals surface area (Å²) >= 11 is 1.35. The Kier molecular flexibility index (Phi) is 3.56.